The van der Waals surface area contributed by atoms with Crippen LogP contribution >= 0.6 is 0 Å². The van der Waals surface area contributed by atoms with Crippen molar-refractivity contribution in [1.29, 1.82) is 0 Å². The Bertz CT molecular complexity index is 680. The lowest BCUT2D eigenvalue weighted by atomic mass is 10.0. The van der Waals surface area contributed by atoms with Gasteiger partial charge in [0.1, 0.15) is 12.1 Å². The molecule has 0 unspecified atom stereocenters. The Morgan fingerprint density at radius 1 is 1.17 bits per heavy atom. The number of likely N-dealkylation sites (tertiary alicyclic amines) is 1. The highest BCUT2D eigenvalue weighted by Crippen LogP contribution is 2.22. The molecule has 0 saturated carbocycles. The lowest BCUT2D eigenvalue weighted by Gasteiger charge is -2.37. The summed E-state index contributed by atoms with van der Waals surface area (Å²) < 4.78 is 2.19. The van der Waals surface area contributed by atoms with E-state index in [9.17, 15) is 0 Å². The summed E-state index contributed by atoms with van der Waals surface area (Å²) >= 11 is 0. The van der Waals surface area contributed by atoms with Crippen LogP contribution in [0.5, 0.6) is 0 Å². The molecule has 6 heteroatoms. The number of rotatable bonds is 4. The largest absolute Gasteiger partial charge is 0.356 e. The van der Waals surface area contributed by atoms with Crippen LogP contribution in [-0.2, 0) is 19.5 Å². The van der Waals surface area contributed by atoms with E-state index in [1.807, 2.05) is 6.92 Å². The van der Waals surface area contributed by atoms with Crippen LogP contribution < -0.4 is 4.90 Å². The fourth-order valence-corrected chi connectivity index (χ4v) is 3.91. The Labute approximate surface area is 143 Å². The van der Waals surface area contributed by atoms with Crippen LogP contribution in [0.25, 0.3) is 0 Å². The molecule has 0 radical (unpaired) electrons. The molecular weight excluding hydrogens is 300 g/mol. The standard InChI is InChI=1S/C18H26N6/c1-14-10-18(20-13-19-14)22(2)16-5-8-23(9-6-16)12-15-11-17-4-3-7-24(17)21-15/h10-11,13,16H,3-9,12H2,1-2H3. The summed E-state index contributed by atoms with van der Waals surface area (Å²) in [6.45, 7) is 6.36. The van der Waals surface area contributed by atoms with Crippen LogP contribution in [0.1, 0.15) is 36.3 Å². The number of fused-ring (bicyclic) bond motifs is 1. The smallest absolute Gasteiger partial charge is 0.132 e. The zero-order valence-corrected chi connectivity index (χ0v) is 14.6. The van der Waals surface area contributed by atoms with Crippen LogP contribution in [0.2, 0.25) is 0 Å². The predicted molar refractivity (Wildman–Crippen MR) is 94.0 cm³/mol. The monoisotopic (exact) mass is 326 g/mol. The Hall–Kier alpha value is -1.95. The maximum absolute atomic E-state index is 4.74. The fraction of sp³-hybridized carbons (Fsp3) is 0.611. The van der Waals surface area contributed by atoms with Gasteiger partial charge in [-0.15, -0.1) is 0 Å². The van der Waals surface area contributed by atoms with E-state index < -0.39 is 0 Å². The molecule has 4 heterocycles. The number of aryl methyl sites for hydroxylation is 3. The van der Waals surface area contributed by atoms with Gasteiger partial charge in [0.25, 0.3) is 0 Å². The van der Waals surface area contributed by atoms with Crippen LogP contribution in [0.15, 0.2) is 18.5 Å². The minimum Gasteiger partial charge on any atom is -0.356 e. The second-order valence-corrected chi connectivity index (χ2v) is 7.09. The lowest BCUT2D eigenvalue weighted by molar-refractivity contribution is 0.200. The first-order chi connectivity index (χ1) is 11.7. The second-order valence-electron chi connectivity index (χ2n) is 7.09. The van der Waals surface area contributed by atoms with E-state index in [0.29, 0.717) is 6.04 Å². The van der Waals surface area contributed by atoms with Gasteiger partial charge in [-0.25, -0.2) is 9.97 Å². The van der Waals surface area contributed by atoms with Crippen molar-refractivity contribution in [2.75, 3.05) is 25.0 Å². The van der Waals surface area contributed by atoms with Crippen molar-refractivity contribution in [3.63, 3.8) is 0 Å². The van der Waals surface area contributed by atoms with Crippen LogP contribution in [0.4, 0.5) is 5.82 Å². The summed E-state index contributed by atoms with van der Waals surface area (Å²) in [6.07, 6.45) is 6.45. The normalized spacial score (nSPS) is 18.8. The number of hydrogen-bond donors (Lipinski definition) is 0. The highest BCUT2D eigenvalue weighted by Gasteiger charge is 2.24. The topological polar surface area (TPSA) is 50.1 Å². The summed E-state index contributed by atoms with van der Waals surface area (Å²) in [7, 11) is 2.15. The Kier molecular flexibility index (Phi) is 4.22. The lowest BCUT2D eigenvalue weighted by Crippen LogP contribution is -2.43. The molecule has 24 heavy (non-hydrogen) atoms. The molecule has 0 spiro atoms. The first-order valence-electron chi connectivity index (χ1n) is 8.98. The maximum atomic E-state index is 4.74. The molecule has 2 aliphatic heterocycles. The second kappa shape index (κ2) is 6.51. The van der Waals surface area contributed by atoms with E-state index in [1.165, 1.54) is 37.1 Å². The van der Waals surface area contributed by atoms with Gasteiger partial charge in [0.15, 0.2) is 0 Å². The minimum atomic E-state index is 0.558. The third kappa shape index (κ3) is 3.15. The number of anilines is 1. The van der Waals surface area contributed by atoms with E-state index in [0.717, 1.165) is 37.7 Å². The molecule has 0 atom stereocenters. The van der Waals surface area contributed by atoms with Crippen molar-refractivity contribution >= 4 is 5.82 Å². The summed E-state index contributed by atoms with van der Waals surface area (Å²) in [5.74, 6) is 1.03. The molecule has 0 N–H and O–H groups in total. The van der Waals surface area contributed by atoms with Crippen molar-refractivity contribution in [3.8, 4) is 0 Å². The molecule has 0 bridgehead atoms. The van der Waals surface area contributed by atoms with Gasteiger partial charge in [-0.05, 0) is 38.7 Å². The third-order valence-corrected chi connectivity index (χ3v) is 5.36. The van der Waals surface area contributed by atoms with Crippen LogP contribution in [0, 0.1) is 6.92 Å². The third-order valence-electron chi connectivity index (χ3n) is 5.36. The van der Waals surface area contributed by atoms with Gasteiger partial charge in [-0.1, -0.05) is 0 Å². The molecule has 4 rings (SSSR count). The number of aromatic nitrogens is 4. The van der Waals surface area contributed by atoms with E-state index in [2.05, 4.69) is 43.6 Å². The predicted octanol–water partition coefficient (Wildman–Crippen LogP) is 2.03. The molecule has 2 aliphatic rings. The zero-order chi connectivity index (χ0) is 16.5. The van der Waals surface area contributed by atoms with Gasteiger partial charge in [0, 0.05) is 56.7 Å². The van der Waals surface area contributed by atoms with Gasteiger partial charge in [0.2, 0.25) is 0 Å². The van der Waals surface area contributed by atoms with Crippen molar-refractivity contribution in [3.05, 3.63) is 35.5 Å². The van der Waals surface area contributed by atoms with E-state index in [1.54, 1.807) is 6.33 Å². The Balaban J connectivity index is 1.33. The van der Waals surface area contributed by atoms with Crippen molar-refractivity contribution in [1.82, 2.24) is 24.6 Å². The van der Waals surface area contributed by atoms with E-state index >= 15 is 0 Å². The molecule has 1 fully saturated rings. The van der Waals surface area contributed by atoms with Gasteiger partial charge < -0.3 is 4.90 Å². The van der Waals surface area contributed by atoms with Crippen molar-refractivity contribution < 1.29 is 0 Å². The van der Waals surface area contributed by atoms with E-state index in [4.69, 9.17) is 5.10 Å². The van der Waals surface area contributed by atoms with Crippen LogP contribution in [0.3, 0.4) is 0 Å². The van der Waals surface area contributed by atoms with Crippen molar-refractivity contribution in [2.24, 2.45) is 0 Å². The highest BCUT2D eigenvalue weighted by molar-refractivity contribution is 5.39. The summed E-state index contributed by atoms with van der Waals surface area (Å²) in [5, 5.41) is 4.74. The molecule has 0 amide bonds. The SMILES string of the molecule is Cc1cc(N(C)C2CCN(Cc3cc4n(n3)CCC4)CC2)ncn1. The van der Waals surface area contributed by atoms with Crippen molar-refractivity contribution in [2.45, 2.75) is 51.7 Å². The first-order valence-corrected chi connectivity index (χ1v) is 8.98. The highest BCUT2D eigenvalue weighted by atomic mass is 15.3. The molecule has 0 aromatic carbocycles. The average molecular weight is 326 g/mol. The molecular formula is C18H26N6. The maximum Gasteiger partial charge on any atom is 0.132 e. The molecule has 2 aromatic heterocycles. The molecule has 2 aromatic rings. The Morgan fingerprint density at radius 2 is 2.00 bits per heavy atom. The number of piperidine rings is 1. The van der Waals surface area contributed by atoms with Gasteiger partial charge in [-0.2, -0.15) is 5.10 Å². The molecule has 6 nitrogen and oxygen atoms in total. The number of hydrogen-bond acceptors (Lipinski definition) is 5. The summed E-state index contributed by atoms with van der Waals surface area (Å²) in [5.41, 5.74) is 3.68. The van der Waals surface area contributed by atoms with Gasteiger partial charge in [-0.3, -0.25) is 9.58 Å². The molecule has 128 valence electrons. The molecule has 0 aliphatic carbocycles. The zero-order valence-electron chi connectivity index (χ0n) is 14.6. The quantitative estimate of drug-likeness (QED) is 0.860. The summed E-state index contributed by atoms with van der Waals surface area (Å²) in [4.78, 5) is 13.5. The summed E-state index contributed by atoms with van der Waals surface area (Å²) in [6, 6.07) is 4.93. The fourth-order valence-electron chi connectivity index (χ4n) is 3.91. The Morgan fingerprint density at radius 3 is 2.75 bits per heavy atom. The molecule has 1 saturated heterocycles. The van der Waals surface area contributed by atoms with E-state index in [-0.39, 0.29) is 0 Å². The average Bonchev–Trinajstić information content (AvgIpc) is 3.16. The van der Waals surface area contributed by atoms with Crippen LogP contribution in [-0.4, -0.2) is 50.8 Å². The minimum absolute atomic E-state index is 0.558. The van der Waals surface area contributed by atoms with Gasteiger partial charge in [0.05, 0.1) is 5.69 Å². The number of nitrogens with zero attached hydrogens (tertiary/aromatic N) is 6. The van der Waals surface area contributed by atoms with Gasteiger partial charge >= 0.3 is 0 Å². The first kappa shape index (κ1) is 15.6.